The van der Waals surface area contributed by atoms with Gasteiger partial charge in [-0.15, -0.1) is 11.1 Å². The fraction of sp³-hybridized carbons (Fsp3) is 0.565. The monoisotopic (exact) mass is 477 g/mol. The van der Waals surface area contributed by atoms with Crippen molar-refractivity contribution in [3.63, 3.8) is 0 Å². The van der Waals surface area contributed by atoms with Crippen molar-refractivity contribution in [3.05, 3.63) is 41.5 Å². The molecule has 0 bridgehead atoms. The van der Waals surface area contributed by atoms with Crippen molar-refractivity contribution < 1.29 is 26.2 Å². The van der Waals surface area contributed by atoms with E-state index in [1.54, 1.807) is 0 Å². The molecule has 1 aromatic carbocycles. The van der Waals surface area contributed by atoms with E-state index in [-0.39, 0.29) is 27.3 Å². The summed E-state index contributed by atoms with van der Waals surface area (Å²) in [7, 11) is -1.94. The molecule has 0 fully saturated rings. The van der Waals surface area contributed by atoms with Crippen LogP contribution in [0.5, 0.6) is 0 Å². The smallest absolute Gasteiger partial charge is 0.375 e. The van der Waals surface area contributed by atoms with Crippen molar-refractivity contribution in [3.8, 4) is 11.1 Å². The minimum atomic E-state index is -1.72. The van der Waals surface area contributed by atoms with Crippen LogP contribution < -0.4 is 0 Å². The molecule has 0 aromatic heterocycles. The van der Waals surface area contributed by atoms with Crippen LogP contribution in [0, 0.1) is 11.1 Å². The van der Waals surface area contributed by atoms with Gasteiger partial charge in [-0.2, -0.15) is 0 Å². The van der Waals surface area contributed by atoms with E-state index in [0.717, 1.165) is 6.04 Å². The molecule has 0 radical (unpaired) electrons. The molecule has 29 heavy (non-hydrogen) atoms. The Morgan fingerprint density at radius 3 is 1.93 bits per heavy atom. The van der Waals surface area contributed by atoms with Gasteiger partial charge in [-0.1, -0.05) is 75.7 Å². The minimum Gasteiger partial charge on any atom is -0.375 e. The van der Waals surface area contributed by atoms with E-state index in [1.807, 2.05) is 11.6 Å². The van der Waals surface area contributed by atoms with Gasteiger partial charge in [-0.3, -0.25) is 0 Å². The van der Waals surface area contributed by atoms with Crippen molar-refractivity contribution in [2.45, 2.75) is 77.6 Å². The van der Waals surface area contributed by atoms with Gasteiger partial charge in [0.25, 0.3) is 0 Å². The first kappa shape index (κ1) is 28.5. The van der Waals surface area contributed by atoms with Crippen LogP contribution in [0.2, 0.25) is 45.3 Å². The van der Waals surface area contributed by atoms with Crippen LogP contribution in [-0.4, -0.2) is 42.1 Å². The molecular formula is C23H39NOSi3Ti. The van der Waals surface area contributed by atoms with Gasteiger partial charge >= 0.3 is 8.84 Å². The van der Waals surface area contributed by atoms with Gasteiger partial charge in [-0.05, 0) is 31.9 Å². The predicted octanol–water partition coefficient (Wildman–Crippen LogP) is 6.19. The van der Waals surface area contributed by atoms with Crippen molar-refractivity contribution in [1.29, 1.82) is 0 Å². The summed E-state index contributed by atoms with van der Waals surface area (Å²) < 4.78 is 14.5. The molecule has 1 unspecified atom stereocenters. The predicted molar refractivity (Wildman–Crippen MR) is 131 cm³/mol. The zero-order chi connectivity index (χ0) is 21.8. The molecule has 6 heteroatoms. The number of rotatable bonds is 3. The molecule has 1 aliphatic rings. The van der Waals surface area contributed by atoms with Gasteiger partial charge in [0.05, 0.1) is 0 Å². The molecule has 2 rings (SSSR count). The Hall–Kier alpha value is -0.515. The van der Waals surface area contributed by atoms with E-state index < -0.39 is 25.0 Å². The van der Waals surface area contributed by atoms with Gasteiger partial charge in [-0.25, -0.2) is 0 Å². The van der Waals surface area contributed by atoms with Crippen molar-refractivity contribution in [2.24, 2.45) is 0 Å². The zero-order valence-electron chi connectivity index (χ0n) is 20.1. The fourth-order valence-corrected chi connectivity index (χ4v) is 7.33. The topological polar surface area (TPSA) is 20.3 Å². The van der Waals surface area contributed by atoms with E-state index in [4.69, 9.17) is 0 Å². The third-order valence-electron chi connectivity index (χ3n) is 4.49. The van der Waals surface area contributed by atoms with Crippen molar-refractivity contribution in [2.75, 3.05) is 7.05 Å². The molecule has 1 aliphatic carbocycles. The van der Waals surface area contributed by atoms with E-state index in [1.165, 1.54) is 11.1 Å². The van der Waals surface area contributed by atoms with Crippen molar-refractivity contribution >= 4 is 31.1 Å². The molecular weight excluding hydrogens is 438 g/mol. The fourth-order valence-electron chi connectivity index (χ4n) is 2.58. The maximum Gasteiger partial charge on any atom is 0.395 e. The van der Waals surface area contributed by atoms with E-state index in [2.05, 4.69) is 108 Å². The number of benzene rings is 1. The van der Waals surface area contributed by atoms with Crippen LogP contribution >= 0.6 is 0 Å². The van der Waals surface area contributed by atoms with Crippen LogP contribution in [0.15, 0.2) is 30.3 Å². The molecule has 0 N–H and O–H groups in total. The molecule has 1 aromatic rings. The normalized spacial score (nSPS) is 15.2. The molecule has 158 valence electrons. The van der Waals surface area contributed by atoms with Crippen LogP contribution in [0.25, 0.3) is 6.08 Å². The third-order valence-corrected chi connectivity index (χ3v) is 8.70. The van der Waals surface area contributed by atoms with Gasteiger partial charge in [0.1, 0.15) is 16.1 Å². The molecule has 0 heterocycles. The summed E-state index contributed by atoms with van der Waals surface area (Å²) in [5.41, 5.74) is 9.39. The zero-order valence-corrected chi connectivity index (χ0v) is 24.7. The number of fused-ring (bicyclic) bond motifs is 1. The molecule has 2 nitrogen and oxygen atoms in total. The largest absolute Gasteiger partial charge is 0.395 e. The molecule has 1 atom stereocenters. The summed E-state index contributed by atoms with van der Waals surface area (Å²) in [5, 5.41) is 0. The number of nitrogens with zero attached hydrogens (tertiary/aromatic N) is 1. The van der Waals surface area contributed by atoms with Gasteiger partial charge in [0, 0.05) is 46.3 Å². The molecule has 0 spiro atoms. The van der Waals surface area contributed by atoms with Gasteiger partial charge < -0.3 is 9.03 Å². The van der Waals surface area contributed by atoms with Gasteiger partial charge in [0.15, 0.2) is 0 Å². The Kier molecular flexibility index (Phi) is 11.0. The van der Waals surface area contributed by atoms with Crippen LogP contribution in [0.4, 0.5) is 0 Å². The SMILES string of the molecule is CN([Si](=O)CC1C=Cc2ccccc21)C(C)(C)C.C[Si](C)(C)C#C[Si](C)(C)C.[Ti]. The second-order valence-corrected chi connectivity index (χ2v) is 22.0. The Bertz CT molecular complexity index is 756. The standard InChI is InChI=1S/C15H21NOSi.C8H18Si2.Ti/c1-15(2,3)16(4)18(17)11-13-10-9-12-7-5-6-8-14(12)13;1-9(2,3)7-8-10(4,5)6;/h5-10,13H,11H2,1-4H3;1-6H3;. The summed E-state index contributed by atoms with van der Waals surface area (Å²) in [6.45, 7) is 20.1. The molecule has 0 aliphatic heterocycles. The second-order valence-electron chi connectivity index (χ2n) is 10.7. The molecule has 0 saturated heterocycles. The number of allylic oxidation sites excluding steroid dienone is 1. The Morgan fingerprint density at radius 2 is 1.48 bits per heavy atom. The Labute approximate surface area is 198 Å². The van der Waals surface area contributed by atoms with Crippen LogP contribution in [-0.2, 0) is 26.2 Å². The molecule has 0 amide bonds. The Morgan fingerprint density at radius 1 is 1.00 bits per heavy atom. The van der Waals surface area contributed by atoms with E-state index in [0.29, 0.717) is 5.92 Å². The molecule has 0 saturated carbocycles. The van der Waals surface area contributed by atoms with Crippen molar-refractivity contribution in [1.82, 2.24) is 4.57 Å². The maximum atomic E-state index is 12.4. The first-order chi connectivity index (χ1) is 12.6. The number of hydrogen-bond donors (Lipinski definition) is 0. The maximum absolute atomic E-state index is 12.4. The first-order valence-electron chi connectivity index (χ1n) is 10.2. The van der Waals surface area contributed by atoms with Crippen LogP contribution in [0.1, 0.15) is 37.8 Å². The van der Waals surface area contributed by atoms with Gasteiger partial charge in [0.2, 0.25) is 0 Å². The minimum absolute atomic E-state index is 0. The van der Waals surface area contributed by atoms with E-state index in [9.17, 15) is 4.46 Å². The Balaban J connectivity index is 0.000000616. The summed E-state index contributed by atoms with van der Waals surface area (Å²) in [6.07, 6.45) is 4.33. The quantitative estimate of drug-likeness (QED) is 0.382. The first-order valence-corrected chi connectivity index (χ1v) is 18.7. The van der Waals surface area contributed by atoms with Crippen LogP contribution in [0.3, 0.4) is 0 Å². The van der Waals surface area contributed by atoms with E-state index >= 15 is 0 Å². The summed E-state index contributed by atoms with van der Waals surface area (Å²) >= 11 is 0. The summed E-state index contributed by atoms with van der Waals surface area (Å²) in [6, 6.07) is 9.12. The third kappa shape index (κ3) is 10.9. The summed E-state index contributed by atoms with van der Waals surface area (Å²) in [5.74, 6) is 0.317. The average molecular weight is 478 g/mol. The summed E-state index contributed by atoms with van der Waals surface area (Å²) in [4.78, 5) is 0. The average Bonchev–Trinajstić information content (AvgIpc) is 2.94. The number of hydrogen-bond acceptors (Lipinski definition) is 1. The second kappa shape index (κ2) is 11.2.